The number of hydrogen-bond donors (Lipinski definition) is 2. The van der Waals surface area contributed by atoms with Crippen LogP contribution in [-0.4, -0.2) is 48.9 Å². The van der Waals surface area contributed by atoms with Crippen LogP contribution in [0.2, 0.25) is 0 Å². The van der Waals surface area contributed by atoms with Gasteiger partial charge in [-0.25, -0.2) is 0 Å². The fourth-order valence-corrected chi connectivity index (χ4v) is 2.75. The summed E-state index contributed by atoms with van der Waals surface area (Å²) < 4.78 is 5.23. The van der Waals surface area contributed by atoms with Crippen molar-refractivity contribution in [3.05, 3.63) is 24.2 Å². The Morgan fingerprint density at radius 3 is 2.74 bits per heavy atom. The molecule has 2 rings (SSSR count). The van der Waals surface area contributed by atoms with Gasteiger partial charge in [-0.15, -0.1) is 0 Å². The van der Waals surface area contributed by atoms with Crippen LogP contribution in [0.25, 0.3) is 0 Å². The van der Waals surface area contributed by atoms with Gasteiger partial charge in [0.2, 0.25) is 11.8 Å². The van der Waals surface area contributed by atoms with Crippen molar-refractivity contribution in [3.63, 3.8) is 0 Å². The summed E-state index contributed by atoms with van der Waals surface area (Å²) in [7, 11) is 0. The molecule has 0 saturated carbocycles. The average molecular weight is 321 g/mol. The van der Waals surface area contributed by atoms with E-state index in [9.17, 15) is 9.59 Å². The number of likely N-dealkylation sites (tertiary alicyclic amines) is 1. The number of carbonyl (C=O) groups excluding carboxylic acids is 2. The zero-order valence-corrected chi connectivity index (χ0v) is 13.8. The normalized spacial score (nSPS) is 16.2. The lowest BCUT2D eigenvalue weighted by Gasteiger charge is -2.31. The molecule has 0 aromatic carbocycles. The second kappa shape index (κ2) is 9.35. The number of aryl methyl sites for hydroxylation is 1. The molecule has 1 aliphatic heterocycles. The van der Waals surface area contributed by atoms with Gasteiger partial charge >= 0.3 is 0 Å². The Balaban J connectivity index is 1.60. The molecule has 1 aromatic heterocycles. The van der Waals surface area contributed by atoms with Crippen LogP contribution in [0.4, 0.5) is 0 Å². The van der Waals surface area contributed by atoms with Crippen LogP contribution in [0.3, 0.4) is 0 Å². The molecule has 2 heterocycles. The Kier molecular flexibility index (Phi) is 7.13. The van der Waals surface area contributed by atoms with Crippen molar-refractivity contribution < 1.29 is 14.0 Å². The van der Waals surface area contributed by atoms with Gasteiger partial charge in [-0.05, 0) is 31.4 Å². The first-order valence-electron chi connectivity index (χ1n) is 8.48. The minimum atomic E-state index is 0.0699. The fraction of sp³-hybridized carbons (Fsp3) is 0.647. The molecule has 0 unspecified atom stereocenters. The van der Waals surface area contributed by atoms with Crippen molar-refractivity contribution in [2.75, 3.05) is 26.2 Å². The van der Waals surface area contributed by atoms with Crippen molar-refractivity contribution in [1.29, 1.82) is 0 Å². The van der Waals surface area contributed by atoms with Gasteiger partial charge in [0.25, 0.3) is 0 Å². The topological polar surface area (TPSA) is 74.6 Å². The lowest BCUT2D eigenvalue weighted by Crippen LogP contribution is -2.47. The van der Waals surface area contributed by atoms with Gasteiger partial charge in [-0.1, -0.05) is 6.92 Å². The predicted octanol–water partition coefficient (Wildman–Crippen LogP) is 1.32. The molecular formula is C17H27N3O3. The molecule has 1 saturated heterocycles. The second-order valence-electron chi connectivity index (χ2n) is 6.05. The molecule has 1 aliphatic rings. The first-order chi connectivity index (χ1) is 11.2. The van der Waals surface area contributed by atoms with Crippen LogP contribution in [0, 0.1) is 0 Å². The lowest BCUT2D eigenvalue weighted by atomic mass is 10.0. The van der Waals surface area contributed by atoms with Crippen molar-refractivity contribution >= 4 is 11.8 Å². The molecule has 23 heavy (non-hydrogen) atoms. The molecule has 0 radical (unpaired) electrons. The molecule has 0 bridgehead atoms. The van der Waals surface area contributed by atoms with E-state index in [0.717, 1.165) is 44.7 Å². The number of nitrogens with one attached hydrogen (secondary N) is 2. The van der Waals surface area contributed by atoms with Crippen molar-refractivity contribution in [2.24, 2.45) is 0 Å². The molecule has 0 atom stereocenters. The molecule has 1 aromatic rings. The van der Waals surface area contributed by atoms with Gasteiger partial charge in [-0.3, -0.25) is 14.5 Å². The standard InChI is InChI=1S/C17H27N3O3/c1-2-9-18-17(22)13-20-10-7-14(8-11-20)19-16(21)6-5-15-4-3-12-23-15/h3-4,12,14H,2,5-11,13H2,1H3,(H,18,22)(H,19,21). The van der Waals surface area contributed by atoms with E-state index in [1.165, 1.54) is 0 Å². The lowest BCUT2D eigenvalue weighted by molar-refractivity contribution is -0.124. The third-order valence-corrected chi connectivity index (χ3v) is 4.07. The van der Waals surface area contributed by atoms with Crippen LogP contribution < -0.4 is 10.6 Å². The Bertz CT molecular complexity index is 479. The highest BCUT2D eigenvalue weighted by Gasteiger charge is 2.21. The summed E-state index contributed by atoms with van der Waals surface area (Å²) in [5, 5.41) is 5.98. The molecule has 0 spiro atoms. The largest absolute Gasteiger partial charge is 0.469 e. The molecule has 6 nitrogen and oxygen atoms in total. The summed E-state index contributed by atoms with van der Waals surface area (Å²) in [6.07, 6.45) is 5.46. The van der Waals surface area contributed by atoms with Gasteiger partial charge in [0.1, 0.15) is 5.76 Å². The number of rotatable bonds is 8. The molecule has 2 amide bonds. The van der Waals surface area contributed by atoms with Crippen molar-refractivity contribution in [1.82, 2.24) is 15.5 Å². The third kappa shape index (κ3) is 6.44. The van der Waals surface area contributed by atoms with E-state index < -0.39 is 0 Å². The minimum Gasteiger partial charge on any atom is -0.469 e. The third-order valence-electron chi connectivity index (χ3n) is 4.07. The molecule has 2 N–H and O–H groups in total. The van der Waals surface area contributed by atoms with E-state index in [4.69, 9.17) is 4.42 Å². The summed E-state index contributed by atoms with van der Waals surface area (Å²) in [6, 6.07) is 3.93. The van der Waals surface area contributed by atoms with E-state index in [-0.39, 0.29) is 17.9 Å². The number of piperidine rings is 1. The number of carbonyl (C=O) groups is 2. The maximum Gasteiger partial charge on any atom is 0.234 e. The van der Waals surface area contributed by atoms with Gasteiger partial charge < -0.3 is 15.1 Å². The Labute approximate surface area is 137 Å². The van der Waals surface area contributed by atoms with Crippen molar-refractivity contribution in [3.8, 4) is 0 Å². The molecular weight excluding hydrogens is 294 g/mol. The summed E-state index contributed by atoms with van der Waals surface area (Å²) in [6.45, 7) is 4.94. The number of furan rings is 1. The van der Waals surface area contributed by atoms with Gasteiger partial charge in [0.05, 0.1) is 12.8 Å². The van der Waals surface area contributed by atoms with E-state index in [1.54, 1.807) is 6.26 Å². The summed E-state index contributed by atoms with van der Waals surface area (Å²) in [5.41, 5.74) is 0. The Hall–Kier alpha value is -1.82. The first kappa shape index (κ1) is 17.5. The van der Waals surface area contributed by atoms with Crippen LogP contribution in [0.1, 0.15) is 38.4 Å². The number of amides is 2. The molecule has 6 heteroatoms. The quantitative estimate of drug-likeness (QED) is 0.757. The maximum atomic E-state index is 12.0. The van der Waals surface area contributed by atoms with Gasteiger partial charge in [-0.2, -0.15) is 0 Å². The van der Waals surface area contributed by atoms with Gasteiger partial charge in [0.15, 0.2) is 0 Å². The molecule has 0 aliphatic carbocycles. The maximum absolute atomic E-state index is 12.0. The highest BCUT2D eigenvalue weighted by molar-refractivity contribution is 5.78. The zero-order valence-electron chi connectivity index (χ0n) is 13.8. The molecule has 1 fully saturated rings. The van der Waals surface area contributed by atoms with E-state index in [0.29, 0.717) is 19.4 Å². The average Bonchev–Trinajstić information content (AvgIpc) is 3.06. The summed E-state index contributed by atoms with van der Waals surface area (Å²) in [4.78, 5) is 25.8. The van der Waals surface area contributed by atoms with Crippen LogP contribution in [0.5, 0.6) is 0 Å². The van der Waals surface area contributed by atoms with Gasteiger partial charge in [0, 0.05) is 38.5 Å². The fourth-order valence-electron chi connectivity index (χ4n) is 2.75. The Morgan fingerprint density at radius 2 is 2.09 bits per heavy atom. The summed E-state index contributed by atoms with van der Waals surface area (Å²) >= 11 is 0. The van der Waals surface area contributed by atoms with E-state index >= 15 is 0 Å². The van der Waals surface area contributed by atoms with Crippen LogP contribution in [-0.2, 0) is 16.0 Å². The number of nitrogens with zero attached hydrogens (tertiary/aromatic N) is 1. The van der Waals surface area contributed by atoms with Crippen molar-refractivity contribution in [2.45, 2.75) is 45.1 Å². The predicted molar refractivity (Wildman–Crippen MR) is 87.9 cm³/mol. The first-order valence-corrected chi connectivity index (χ1v) is 8.48. The number of hydrogen-bond acceptors (Lipinski definition) is 4. The highest BCUT2D eigenvalue weighted by atomic mass is 16.3. The highest BCUT2D eigenvalue weighted by Crippen LogP contribution is 2.11. The summed E-state index contributed by atoms with van der Waals surface area (Å²) in [5.74, 6) is 1.00. The molecule has 128 valence electrons. The Morgan fingerprint density at radius 1 is 1.30 bits per heavy atom. The van der Waals surface area contributed by atoms with Crippen LogP contribution in [0.15, 0.2) is 22.8 Å². The SMILES string of the molecule is CCCNC(=O)CN1CCC(NC(=O)CCc2ccco2)CC1. The smallest absolute Gasteiger partial charge is 0.234 e. The monoisotopic (exact) mass is 321 g/mol. The second-order valence-corrected chi connectivity index (χ2v) is 6.05. The minimum absolute atomic E-state index is 0.0699. The van der Waals surface area contributed by atoms with E-state index in [2.05, 4.69) is 15.5 Å². The zero-order chi connectivity index (χ0) is 16.5. The van der Waals surface area contributed by atoms with Crippen LogP contribution >= 0.6 is 0 Å². The van der Waals surface area contributed by atoms with E-state index in [1.807, 2.05) is 19.1 Å².